The van der Waals surface area contributed by atoms with Crippen molar-refractivity contribution in [2.24, 2.45) is 0 Å². The highest BCUT2D eigenvalue weighted by Crippen LogP contribution is 2.28. The van der Waals surface area contributed by atoms with E-state index in [0.717, 1.165) is 3.79 Å². The smallest absolute Gasteiger partial charge is 0.268 e. The lowest BCUT2D eigenvalue weighted by atomic mass is 10.4. The fourth-order valence-corrected chi connectivity index (χ4v) is 6.52. The zero-order valence-corrected chi connectivity index (χ0v) is 17.9. The Morgan fingerprint density at radius 2 is 1.89 bits per heavy atom. The van der Waals surface area contributed by atoms with Crippen LogP contribution in [-0.2, 0) is 16.7 Å². The summed E-state index contributed by atoms with van der Waals surface area (Å²) in [5.74, 6) is 0.599. The first-order chi connectivity index (χ1) is 13.4. The van der Waals surface area contributed by atoms with Gasteiger partial charge < -0.3 is 0 Å². The van der Waals surface area contributed by atoms with Crippen molar-refractivity contribution in [1.29, 1.82) is 0 Å². The fourth-order valence-electron chi connectivity index (χ4n) is 2.94. The number of sulfonamides is 1. The number of halogens is 1. The summed E-state index contributed by atoms with van der Waals surface area (Å²) in [6.07, 6.45) is 5.01. The monoisotopic (exact) mass is 484 g/mol. The molecule has 4 heterocycles. The second kappa shape index (κ2) is 7.87. The largest absolute Gasteiger partial charge is 0.289 e. The van der Waals surface area contributed by atoms with E-state index in [0.29, 0.717) is 42.9 Å². The topological polar surface area (TPSA) is 93.3 Å². The van der Waals surface area contributed by atoms with Crippen LogP contribution in [0.15, 0.2) is 55.8 Å². The van der Waals surface area contributed by atoms with Crippen molar-refractivity contribution in [1.82, 2.24) is 28.5 Å². The quantitative estimate of drug-likeness (QED) is 0.540. The van der Waals surface area contributed by atoms with Crippen LogP contribution < -0.4 is 5.56 Å². The molecule has 0 aliphatic carbocycles. The average Bonchev–Trinajstić information content (AvgIpc) is 3.36. The van der Waals surface area contributed by atoms with Crippen molar-refractivity contribution in [3.63, 3.8) is 0 Å². The van der Waals surface area contributed by atoms with Gasteiger partial charge in [0.05, 0.1) is 10.5 Å². The van der Waals surface area contributed by atoms with Gasteiger partial charge in [0.15, 0.2) is 5.82 Å². The second-order valence-electron chi connectivity index (χ2n) is 6.22. The summed E-state index contributed by atoms with van der Waals surface area (Å²) in [4.78, 5) is 18.2. The third kappa shape index (κ3) is 3.96. The zero-order chi connectivity index (χ0) is 19.7. The lowest BCUT2D eigenvalue weighted by Gasteiger charge is -2.33. The number of rotatable bonds is 5. The lowest BCUT2D eigenvalue weighted by molar-refractivity contribution is 0.143. The van der Waals surface area contributed by atoms with Gasteiger partial charge in [-0.15, -0.1) is 16.4 Å². The Kier molecular flexibility index (Phi) is 5.47. The first kappa shape index (κ1) is 19.5. The molecule has 4 rings (SSSR count). The van der Waals surface area contributed by atoms with Gasteiger partial charge in [-0.05, 0) is 34.1 Å². The van der Waals surface area contributed by atoms with Crippen molar-refractivity contribution < 1.29 is 8.42 Å². The van der Waals surface area contributed by atoms with Gasteiger partial charge in [-0.2, -0.15) is 4.31 Å². The van der Waals surface area contributed by atoms with Crippen molar-refractivity contribution in [2.45, 2.75) is 10.9 Å². The third-order valence-corrected chi connectivity index (χ3v) is 8.42. The molecule has 0 aromatic carbocycles. The molecule has 28 heavy (non-hydrogen) atoms. The van der Waals surface area contributed by atoms with E-state index >= 15 is 0 Å². The van der Waals surface area contributed by atoms with Gasteiger partial charge in [-0.3, -0.25) is 14.3 Å². The summed E-state index contributed by atoms with van der Waals surface area (Å²) in [7, 11) is -3.48. The maximum atomic E-state index is 12.7. The van der Waals surface area contributed by atoms with E-state index in [1.165, 1.54) is 26.4 Å². The van der Waals surface area contributed by atoms with Gasteiger partial charge in [0.2, 0.25) is 0 Å². The standard InChI is InChI=1S/C16H17BrN6O3S2/c17-13-1-4-16(27-13)28(25,26)22-9-7-20(8-10-22)12-23-15(24)3-2-14(19-23)21-6-5-18-11-21/h1-6,11H,7-10,12H2. The molecule has 12 heteroatoms. The zero-order valence-electron chi connectivity index (χ0n) is 14.7. The molecule has 1 saturated heterocycles. The number of aromatic nitrogens is 4. The number of imidazole rings is 1. The SMILES string of the molecule is O=c1ccc(-n2ccnc2)nn1CN1CCN(S(=O)(=O)c2ccc(Br)s2)CC1. The minimum Gasteiger partial charge on any atom is -0.289 e. The van der Waals surface area contributed by atoms with Crippen molar-refractivity contribution in [2.75, 3.05) is 26.2 Å². The summed E-state index contributed by atoms with van der Waals surface area (Å²) in [5, 5.41) is 4.38. The molecule has 0 amide bonds. The normalized spacial score (nSPS) is 16.5. The molecule has 0 N–H and O–H groups in total. The summed E-state index contributed by atoms with van der Waals surface area (Å²) in [6.45, 7) is 2.09. The Morgan fingerprint density at radius 3 is 2.54 bits per heavy atom. The minimum atomic E-state index is -3.48. The molecular formula is C16H17BrN6O3S2. The van der Waals surface area contributed by atoms with Crippen LogP contribution >= 0.6 is 27.3 Å². The van der Waals surface area contributed by atoms with E-state index in [-0.39, 0.29) is 5.56 Å². The maximum absolute atomic E-state index is 12.7. The van der Waals surface area contributed by atoms with E-state index in [1.807, 2.05) is 4.90 Å². The highest BCUT2D eigenvalue weighted by Gasteiger charge is 2.29. The van der Waals surface area contributed by atoms with E-state index in [1.54, 1.807) is 41.5 Å². The Hall–Kier alpha value is -1.86. The second-order valence-corrected chi connectivity index (χ2v) is 10.8. The lowest BCUT2D eigenvalue weighted by Crippen LogP contribution is -2.49. The molecule has 9 nitrogen and oxygen atoms in total. The molecular weight excluding hydrogens is 468 g/mol. The Labute approximate surface area is 174 Å². The summed E-state index contributed by atoms with van der Waals surface area (Å²) < 4.78 is 31.1. The van der Waals surface area contributed by atoms with Gasteiger partial charge >= 0.3 is 0 Å². The van der Waals surface area contributed by atoms with Crippen LogP contribution in [0.1, 0.15) is 0 Å². The van der Waals surface area contributed by atoms with Crippen molar-refractivity contribution >= 4 is 37.3 Å². The first-order valence-electron chi connectivity index (χ1n) is 8.48. The van der Waals surface area contributed by atoms with Gasteiger partial charge in [0.25, 0.3) is 15.6 Å². The highest BCUT2D eigenvalue weighted by atomic mass is 79.9. The van der Waals surface area contributed by atoms with Crippen LogP contribution in [0, 0.1) is 0 Å². The third-order valence-electron chi connectivity index (χ3n) is 4.43. The summed E-state index contributed by atoms with van der Waals surface area (Å²) >= 11 is 4.51. The van der Waals surface area contributed by atoms with Crippen LogP contribution in [0.2, 0.25) is 0 Å². The molecule has 0 spiro atoms. The molecule has 0 saturated carbocycles. The number of hydrogen-bond acceptors (Lipinski definition) is 7. The summed E-state index contributed by atoms with van der Waals surface area (Å²) in [6, 6.07) is 6.46. The van der Waals surface area contributed by atoms with Crippen LogP contribution in [-0.4, -0.2) is 63.1 Å². The molecule has 3 aromatic rings. The first-order valence-corrected chi connectivity index (χ1v) is 11.5. The molecule has 0 radical (unpaired) electrons. The summed E-state index contributed by atoms with van der Waals surface area (Å²) in [5.41, 5.74) is -0.206. The maximum Gasteiger partial charge on any atom is 0.268 e. The van der Waals surface area contributed by atoms with Crippen molar-refractivity contribution in [3.05, 3.63) is 57.1 Å². The molecule has 0 bridgehead atoms. The molecule has 1 fully saturated rings. The molecule has 3 aromatic heterocycles. The van der Waals surface area contributed by atoms with E-state index in [9.17, 15) is 13.2 Å². The van der Waals surface area contributed by atoms with Crippen LogP contribution in [0.5, 0.6) is 0 Å². The molecule has 1 aliphatic heterocycles. The highest BCUT2D eigenvalue weighted by molar-refractivity contribution is 9.11. The fraction of sp³-hybridized carbons (Fsp3) is 0.312. The minimum absolute atomic E-state index is 0.206. The molecule has 0 unspecified atom stereocenters. The van der Waals surface area contributed by atoms with Crippen LogP contribution in [0.25, 0.3) is 5.82 Å². The van der Waals surface area contributed by atoms with E-state index < -0.39 is 10.0 Å². The van der Waals surface area contributed by atoms with Crippen molar-refractivity contribution in [3.8, 4) is 5.82 Å². The van der Waals surface area contributed by atoms with E-state index in [4.69, 9.17) is 0 Å². The molecule has 0 atom stereocenters. The average molecular weight is 485 g/mol. The van der Waals surface area contributed by atoms with Gasteiger partial charge in [-0.1, -0.05) is 0 Å². The molecule has 148 valence electrons. The Bertz CT molecular complexity index is 1120. The van der Waals surface area contributed by atoms with Crippen LogP contribution in [0.4, 0.5) is 0 Å². The van der Waals surface area contributed by atoms with Gasteiger partial charge in [0, 0.05) is 44.6 Å². The van der Waals surface area contributed by atoms with Gasteiger partial charge in [-0.25, -0.2) is 18.1 Å². The number of thiophene rings is 1. The predicted octanol–water partition coefficient (Wildman–Crippen LogP) is 1.22. The van der Waals surface area contributed by atoms with Crippen LogP contribution in [0.3, 0.4) is 0 Å². The molecule has 1 aliphatic rings. The predicted molar refractivity (Wildman–Crippen MR) is 108 cm³/mol. The van der Waals surface area contributed by atoms with Gasteiger partial charge in [0.1, 0.15) is 10.5 Å². The number of piperazine rings is 1. The van der Waals surface area contributed by atoms with E-state index in [2.05, 4.69) is 26.0 Å². The Balaban J connectivity index is 1.44. The number of hydrogen-bond donors (Lipinski definition) is 0. The Morgan fingerprint density at radius 1 is 1.11 bits per heavy atom. The number of nitrogens with zero attached hydrogens (tertiary/aromatic N) is 6.